The van der Waals surface area contributed by atoms with Crippen molar-refractivity contribution >= 4 is 37.5 Å². The van der Waals surface area contributed by atoms with Gasteiger partial charge in [-0.2, -0.15) is 0 Å². The van der Waals surface area contributed by atoms with Gasteiger partial charge in [-0.3, -0.25) is 0 Å². The van der Waals surface area contributed by atoms with Crippen molar-refractivity contribution in [1.82, 2.24) is 0 Å². The molecule has 0 N–H and O–H groups in total. The molecule has 0 unspecified atom stereocenters. The van der Waals surface area contributed by atoms with Crippen molar-refractivity contribution in [3.8, 4) is 0 Å². The summed E-state index contributed by atoms with van der Waals surface area (Å²) in [7, 11) is 0. The quantitative estimate of drug-likeness (QED) is 0.389. The monoisotopic (exact) mass is 186 g/mol. The van der Waals surface area contributed by atoms with Crippen molar-refractivity contribution in [3.05, 3.63) is 0 Å². The van der Waals surface area contributed by atoms with Gasteiger partial charge in [0.05, 0.1) is 0 Å². The van der Waals surface area contributed by atoms with E-state index in [1.807, 2.05) is 22.4 Å². The van der Waals surface area contributed by atoms with Crippen LogP contribution in [0.4, 0.5) is 0 Å². The molecule has 0 fully saturated rings. The van der Waals surface area contributed by atoms with Crippen LogP contribution in [0, 0.1) is 0 Å². The van der Waals surface area contributed by atoms with Gasteiger partial charge in [0, 0.05) is 0 Å². The van der Waals surface area contributed by atoms with Crippen molar-refractivity contribution in [2.24, 2.45) is 0 Å². The second-order valence-corrected chi connectivity index (χ2v) is 2.08. The van der Waals surface area contributed by atoms with Gasteiger partial charge in [-0.1, -0.05) is 0 Å². The van der Waals surface area contributed by atoms with E-state index in [0.717, 1.165) is 0 Å². The normalized spacial score (nSPS) is 4.25. The Morgan fingerprint density at radius 2 is 2.25 bits per heavy atom. The van der Waals surface area contributed by atoms with E-state index in [1.165, 1.54) is 4.01 Å². The summed E-state index contributed by atoms with van der Waals surface area (Å²) >= 11 is 2.34. The SMILES string of the molecule is O=S=BI. The van der Waals surface area contributed by atoms with Gasteiger partial charge in [-0.25, -0.2) is 0 Å². The van der Waals surface area contributed by atoms with E-state index in [9.17, 15) is 0 Å². The molecule has 0 saturated carbocycles. The fraction of sp³-hybridized carbons (Fsp3) is 0. The summed E-state index contributed by atoms with van der Waals surface area (Å²) in [6.07, 6.45) is 0. The predicted molar refractivity (Wildman–Crippen MR) is 27.9 cm³/mol. The van der Waals surface area contributed by atoms with Crippen molar-refractivity contribution in [2.45, 2.75) is 0 Å². The van der Waals surface area contributed by atoms with Gasteiger partial charge in [0.25, 0.3) is 0 Å². The molecule has 4 heavy (non-hydrogen) atoms. The van der Waals surface area contributed by atoms with Crippen molar-refractivity contribution in [2.75, 3.05) is 0 Å². The van der Waals surface area contributed by atoms with Crippen LogP contribution in [0.2, 0.25) is 0 Å². The summed E-state index contributed by atoms with van der Waals surface area (Å²) in [5.41, 5.74) is 0. The third-order valence-corrected chi connectivity index (χ3v) is 0.732. The van der Waals surface area contributed by atoms with Crippen molar-refractivity contribution in [3.63, 3.8) is 0 Å². The van der Waals surface area contributed by atoms with E-state index in [2.05, 4.69) is 0 Å². The molecule has 0 aromatic rings. The minimum atomic E-state index is 0.468. The molecular formula is BIOS. The summed E-state index contributed by atoms with van der Waals surface area (Å²) in [5.74, 6) is 0. The molecule has 0 aliphatic rings. The van der Waals surface area contributed by atoms with E-state index < -0.39 is 0 Å². The molecule has 0 saturated heterocycles. The Labute approximate surface area is 41.8 Å². The van der Waals surface area contributed by atoms with Gasteiger partial charge in [0.1, 0.15) is 0 Å². The predicted octanol–water partition coefficient (Wildman–Crippen LogP) is 0.169. The average Bonchev–Trinajstić information content (AvgIpc) is 1.37. The molecule has 0 radical (unpaired) electrons. The Hall–Kier alpha value is 0.815. The van der Waals surface area contributed by atoms with E-state index >= 15 is 0 Å². The number of rotatable bonds is 0. The minimum absolute atomic E-state index is 0.468. The van der Waals surface area contributed by atoms with Gasteiger partial charge < -0.3 is 0 Å². The molecule has 0 aliphatic carbocycles. The fourth-order valence-electron chi connectivity index (χ4n) is 0. The summed E-state index contributed by atoms with van der Waals surface area (Å²) < 4.78 is 10.6. The fourth-order valence-corrected chi connectivity index (χ4v) is 0. The average molecular weight is 186 g/mol. The summed E-state index contributed by atoms with van der Waals surface area (Å²) in [5, 5.41) is 0. The third kappa shape index (κ3) is 2.81. The first-order valence-corrected chi connectivity index (χ1v) is 2.67. The molecule has 0 heterocycles. The molecule has 0 spiro atoms. The van der Waals surface area contributed by atoms with Crippen LogP contribution in [-0.4, -0.2) is 8.22 Å². The Morgan fingerprint density at radius 3 is 2.25 bits per heavy atom. The standard InChI is InChI=1S/BIOS/c2-1-4-3. The molecule has 0 atom stereocenters. The number of hydrogen-bond donors (Lipinski definition) is 0. The molecule has 0 bridgehead atoms. The second kappa shape index (κ2) is 3.81. The summed E-state index contributed by atoms with van der Waals surface area (Å²) in [4.78, 5) is 0. The molecule has 0 amide bonds. The van der Waals surface area contributed by atoms with Gasteiger partial charge in [-0.05, 0) is 0 Å². The molecule has 1 nitrogen and oxygen atoms in total. The number of hydrogen-bond acceptors (Lipinski definition) is 1. The van der Waals surface area contributed by atoms with Gasteiger partial charge in [-0.15, -0.1) is 0 Å². The maximum absolute atomic E-state index is 9.15. The first kappa shape index (κ1) is 4.81. The Kier molecular flexibility index (Phi) is 4.59. The summed E-state index contributed by atoms with van der Waals surface area (Å²) in [6, 6.07) is 0. The topological polar surface area (TPSA) is 17.1 Å². The van der Waals surface area contributed by atoms with E-state index in [1.54, 1.807) is 0 Å². The van der Waals surface area contributed by atoms with E-state index in [0.29, 0.717) is 11.1 Å². The Balaban J connectivity index is 3.11. The molecule has 0 rings (SSSR count). The van der Waals surface area contributed by atoms with Crippen LogP contribution in [0.1, 0.15) is 0 Å². The van der Waals surface area contributed by atoms with Crippen LogP contribution in [0.5, 0.6) is 0 Å². The maximum atomic E-state index is 9.15. The van der Waals surface area contributed by atoms with E-state index in [-0.39, 0.29) is 0 Å². The zero-order valence-electron chi connectivity index (χ0n) is 1.77. The van der Waals surface area contributed by atoms with Crippen LogP contribution < -0.4 is 0 Å². The van der Waals surface area contributed by atoms with Gasteiger partial charge in [0.15, 0.2) is 0 Å². The summed E-state index contributed by atoms with van der Waals surface area (Å²) in [6.45, 7) is 0. The third-order valence-electron chi connectivity index (χ3n) is 0.0364. The molecule has 0 aromatic heterocycles. The van der Waals surface area contributed by atoms with Crippen LogP contribution in [0.25, 0.3) is 0 Å². The van der Waals surface area contributed by atoms with Crippen LogP contribution >= 0.6 is 22.4 Å². The molecule has 0 aromatic carbocycles. The van der Waals surface area contributed by atoms with Crippen LogP contribution in [0.3, 0.4) is 0 Å². The zero-order valence-corrected chi connectivity index (χ0v) is 4.75. The van der Waals surface area contributed by atoms with Crippen LogP contribution in [-0.2, 0) is 11.1 Å². The molecule has 0 aliphatic heterocycles. The molecule has 22 valence electrons. The first-order chi connectivity index (χ1) is 1.91. The zero-order chi connectivity index (χ0) is 3.41. The van der Waals surface area contributed by atoms with Gasteiger partial charge >= 0.3 is 41.7 Å². The second-order valence-electron chi connectivity index (χ2n) is 0.185. The van der Waals surface area contributed by atoms with Crippen LogP contribution in [0.15, 0.2) is 0 Å². The van der Waals surface area contributed by atoms with Gasteiger partial charge in [0.2, 0.25) is 0 Å². The molecule has 4 heteroatoms. The Bertz CT molecular complexity index is 46.0. The first-order valence-electron chi connectivity index (χ1n) is 0.621. The van der Waals surface area contributed by atoms with Crippen molar-refractivity contribution < 1.29 is 4.21 Å². The number of halogens is 1. The Morgan fingerprint density at radius 1 is 2.00 bits per heavy atom. The molecular weight excluding hydrogens is 186 g/mol. The van der Waals surface area contributed by atoms with Crippen molar-refractivity contribution in [1.29, 1.82) is 0 Å². The van der Waals surface area contributed by atoms with E-state index in [4.69, 9.17) is 4.21 Å².